The van der Waals surface area contributed by atoms with Crippen LogP contribution in [0.3, 0.4) is 0 Å². The quantitative estimate of drug-likeness (QED) is 0.458. The molecule has 0 atom stereocenters. The Morgan fingerprint density at radius 2 is 2.06 bits per heavy atom. The summed E-state index contributed by atoms with van der Waals surface area (Å²) < 4.78 is 37.5. The molecular weight excluding hydrogens is 352 g/mol. The number of hydrogen-bond acceptors (Lipinski definition) is 2. The number of rotatable bonds is 4. The van der Waals surface area contributed by atoms with E-state index in [1.165, 1.54) is 6.07 Å². The van der Waals surface area contributed by atoms with E-state index in [0.29, 0.717) is 18.3 Å². The van der Waals surface area contributed by atoms with Crippen molar-refractivity contribution in [2.24, 2.45) is 0 Å². The Bertz CT molecular complexity index is 379. The van der Waals surface area contributed by atoms with Gasteiger partial charge in [-0.3, -0.25) is 0 Å². The van der Waals surface area contributed by atoms with E-state index in [-0.39, 0.29) is 23.1 Å². The number of carbonyl (C=O) groups is 1. The number of thioether (sulfide) groups is 1. The molecule has 1 aromatic carbocycles. The summed E-state index contributed by atoms with van der Waals surface area (Å²) in [5.41, 5.74) is -3.73. The summed E-state index contributed by atoms with van der Waals surface area (Å²) in [6.07, 6.45) is 1.30. The molecule has 0 amide bonds. The topological polar surface area (TPSA) is 17.1 Å². The van der Waals surface area contributed by atoms with Gasteiger partial charge in [-0.1, -0.05) is 6.07 Å². The smallest absolute Gasteiger partial charge is 0.303 e. The minimum absolute atomic E-state index is 0.129. The van der Waals surface area contributed by atoms with Gasteiger partial charge in [-0.05, 0) is 58.5 Å². The van der Waals surface area contributed by atoms with Crippen molar-refractivity contribution in [2.75, 3.05) is 0 Å². The highest BCUT2D eigenvalue weighted by Crippen LogP contribution is 2.39. The first-order valence-electron chi connectivity index (χ1n) is 4.40. The minimum atomic E-state index is -4.29. The Labute approximate surface area is 109 Å². The van der Waals surface area contributed by atoms with Gasteiger partial charge in [0.2, 0.25) is 0 Å². The van der Waals surface area contributed by atoms with Gasteiger partial charge in [0.05, 0.1) is 0 Å². The molecule has 0 saturated heterocycles. The lowest BCUT2D eigenvalue weighted by Crippen LogP contribution is -2.01. The SMILES string of the molecule is O=CCCc1ccc(I)cc1SC(F)(F)F. The summed E-state index contributed by atoms with van der Waals surface area (Å²) in [5, 5.41) is 0. The molecule has 6 heteroatoms. The first-order chi connectivity index (χ1) is 7.42. The molecule has 0 spiro atoms. The van der Waals surface area contributed by atoms with E-state index in [2.05, 4.69) is 0 Å². The van der Waals surface area contributed by atoms with Crippen LogP contribution in [0.15, 0.2) is 23.1 Å². The lowest BCUT2D eigenvalue weighted by Gasteiger charge is -2.10. The Morgan fingerprint density at radius 1 is 1.38 bits per heavy atom. The number of carbonyl (C=O) groups excluding carboxylic acids is 1. The van der Waals surface area contributed by atoms with Crippen molar-refractivity contribution >= 4 is 40.6 Å². The monoisotopic (exact) mass is 360 g/mol. The Balaban J connectivity index is 2.93. The molecule has 1 nitrogen and oxygen atoms in total. The second-order valence-corrected chi connectivity index (χ2v) is 5.36. The Hall–Kier alpha value is -0.240. The zero-order valence-electron chi connectivity index (χ0n) is 8.05. The van der Waals surface area contributed by atoms with Crippen LogP contribution < -0.4 is 0 Å². The van der Waals surface area contributed by atoms with Gasteiger partial charge in [-0.25, -0.2) is 0 Å². The highest BCUT2D eigenvalue weighted by Gasteiger charge is 2.30. The van der Waals surface area contributed by atoms with E-state index in [9.17, 15) is 18.0 Å². The number of halogens is 4. The molecule has 0 radical (unpaired) electrons. The summed E-state index contributed by atoms with van der Waals surface area (Å²) >= 11 is 1.83. The van der Waals surface area contributed by atoms with Gasteiger partial charge in [-0.15, -0.1) is 0 Å². The number of aldehydes is 1. The van der Waals surface area contributed by atoms with E-state index in [0.717, 1.165) is 3.57 Å². The molecule has 0 fully saturated rings. The summed E-state index contributed by atoms with van der Waals surface area (Å²) in [4.78, 5) is 10.4. The fourth-order valence-electron chi connectivity index (χ4n) is 1.17. The highest BCUT2D eigenvalue weighted by atomic mass is 127. The van der Waals surface area contributed by atoms with Crippen LogP contribution in [0, 0.1) is 3.57 Å². The second-order valence-electron chi connectivity index (χ2n) is 3.01. The zero-order chi connectivity index (χ0) is 12.2. The molecule has 88 valence electrons. The van der Waals surface area contributed by atoms with E-state index >= 15 is 0 Å². The molecule has 16 heavy (non-hydrogen) atoms. The Kier molecular flexibility index (Phi) is 5.10. The van der Waals surface area contributed by atoms with Crippen LogP contribution in [0.25, 0.3) is 0 Å². The molecular formula is C10H8F3IOS. The van der Waals surface area contributed by atoms with Crippen molar-refractivity contribution in [3.05, 3.63) is 27.3 Å². The predicted octanol–water partition coefficient (Wildman–Crippen LogP) is 4.03. The second kappa shape index (κ2) is 5.90. The van der Waals surface area contributed by atoms with Crippen LogP contribution >= 0.6 is 34.4 Å². The lowest BCUT2D eigenvalue weighted by molar-refractivity contribution is -0.107. The van der Waals surface area contributed by atoms with Crippen molar-refractivity contribution in [2.45, 2.75) is 23.2 Å². The third-order valence-electron chi connectivity index (χ3n) is 1.79. The van der Waals surface area contributed by atoms with Gasteiger partial charge in [0, 0.05) is 14.9 Å². The molecule has 0 N–H and O–H groups in total. The van der Waals surface area contributed by atoms with E-state index in [4.69, 9.17) is 0 Å². The van der Waals surface area contributed by atoms with Crippen LogP contribution in [0.4, 0.5) is 13.2 Å². The fraction of sp³-hybridized carbons (Fsp3) is 0.300. The van der Waals surface area contributed by atoms with E-state index < -0.39 is 5.51 Å². The van der Waals surface area contributed by atoms with E-state index in [1.807, 2.05) is 22.6 Å². The third kappa shape index (κ3) is 4.73. The molecule has 1 rings (SSSR count). The average Bonchev–Trinajstić information content (AvgIpc) is 2.14. The van der Waals surface area contributed by atoms with Gasteiger partial charge in [0.1, 0.15) is 6.29 Å². The van der Waals surface area contributed by atoms with Gasteiger partial charge in [0.25, 0.3) is 0 Å². The molecule has 0 aliphatic rings. The highest BCUT2D eigenvalue weighted by molar-refractivity contribution is 14.1. The molecule has 0 unspecified atom stereocenters. The average molecular weight is 360 g/mol. The maximum Gasteiger partial charge on any atom is 0.446 e. The number of alkyl halides is 3. The molecule has 0 bridgehead atoms. The van der Waals surface area contributed by atoms with Crippen LogP contribution in [-0.2, 0) is 11.2 Å². The summed E-state index contributed by atoms with van der Waals surface area (Å²) in [7, 11) is 0. The van der Waals surface area contributed by atoms with Crippen molar-refractivity contribution in [1.82, 2.24) is 0 Å². The van der Waals surface area contributed by atoms with Crippen molar-refractivity contribution in [3.8, 4) is 0 Å². The zero-order valence-corrected chi connectivity index (χ0v) is 11.0. The van der Waals surface area contributed by atoms with Crippen molar-refractivity contribution in [1.29, 1.82) is 0 Å². The number of benzene rings is 1. The molecule has 0 saturated carbocycles. The van der Waals surface area contributed by atoms with Crippen LogP contribution in [0.5, 0.6) is 0 Å². The predicted molar refractivity (Wildman–Crippen MR) is 65.5 cm³/mol. The first-order valence-corrected chi connectivity index (χ1v) is 6.29. The van der Waals surface area contributed by atoms with Crippen LogP contribution in [-0.4, -0.2) is 11.8 Å². The summed E-state index contributed by atoms with van der Waals surface area (Å²) in [6, 6.07) is 4.86. The van der Waals surface area contributed by atoms with Crippen molar-refractivity contribution in [3.63, 3.8) is 0 Å². The lowest BCUT2D eigenvalue weighted by atomic mass is 10.1. The minimum Gasteiger partial charge on any atom is -0.303 e. The maximum atomic E-state index is 12.3. The molecule has 0 aromatic heterocycles. The number of hydrogen-bond donors (Lipinski definition) is 0. The normalized spacial score (nSPS) is 11.5. The van der Waals surface area contributed by atoms with E-state index in [1.54, 1.807) is 12.1 Å². The largest absolute Gasteiger partial charge is 0.446 e. The van der Waals surface area contributed by atoms with Crippen LogP contribution in [0.1, 0.15) is 12.0 Å². The molecule has 0 aliphatic heterocycles. The maximum absolute atomic E-state index is 12.3. The standard InChI is InChI=1S/C10H8F3IOS/c11-10(12,13)16-9-6-8(14)4-3-7(9)2-1-5-15/h3-6H,1-2H2. The Morgan fingerprint density at radius 3 is 2.62 bits per heavy atom. The number of aryl methyl sites for hydroxylation is 1. The van der Waals surface area contributed by atoms with Crippen LogP contribution in [0.2, 0.25) is 0 Å². The molecule has 0 aliphatic carbocycles. The third-order valence-corrected chi connectivity index (χ3v) is 3.29. The van der Waals surface area contributed by atoms with Crippen molar-refractivity contribution < 1.29 is 18.0 Å². The van der Waals surface area contributed by atoms with Gasteiger partial charge in [0.15, 0.2) is 0 Å². The summed E-state index contributed by atoms with van der Waals surface area (Å²) in [5.74, 6) is 0. The van der Waals surface area contributed by atoms with Gasteiger partial charge < -0.3 is 4.79 Å². The molecule has 0 heterocycles. The van der Waals surface area contributed by atoms with Gasteiger partial charge in [-0.2, -0.15) is 13.2 Å². The molecule has 1 aromatic rings. The first kappa shape index (κ1) is 13.8. The summed E-state index contributed by atoms with van der Waals surface area (Å²) in [6.45, 7) is 0. The fourth-order valence-corrected chi connectivity index (χ4v) is 2.61. The van der Waals surface area contributed by atoms with Gasteiger partial charge >= 0.3 is 5.51 Å².